The number of hydrogen-bond donors (Lipinski definition) is 1. The van der Waals surface area contributed by atoms with Crippen molar-refractivity contribution in [3.63, 3.8) is 0 Å². The third-order valence-electron chi connectivity index (χ3n) is 5.45. The SMILES string of the molecule is COCCN1C(=O)C2(CCCC2)C1C(=O)NCc1ccccc1OC. The normalized spacial score (nSPS) is 21.3. The van der Waals surface area contributed by atoms with E-state index in [0.717, 1.165) is 37.0 Å². The quantitative estimate of drug-likeness (QED) is 0.764. The van der Waals surface area contributed by atoms with Crippen LogP contribution >= 0.6 is 0 Å². The Labute approximate surface area is 148 Å². The zero-order valence-corrected chi connectivity index (χ0v) is 14.9. The van der Waals surface area contributed by atoms with Gasteiger partial charge in [0.25, 0.3) is 0 Å². The lowest BCUT2D eigenvalue weighted by Crippen LogP contribution is -2.72. The molecule has 2 aliphatic rings. The van der Waals surface area contributed by atoms with Gasteiger partial charge in [-0.2, -0.15) is 0 Å². The van der Waals surface area contributed by atoms with Crippen molar-refractivity contribution in [2.75, 3.05) is 27.4 Å². The molecule has 25 heavy (non-hydrogen) atoms. The van der Waals surface area contributed by atoms with E-state index in [9.17, 15) is 9.59 Å². The zero-order chi connectivity index (χ0) is 17.9. The molecule has 1 aliphatic heterocycles. The first-order valence-corrected chi connectivity index (χ1v) is 8.83. The predicted octanol–water partition coefficient (Wildman–Crippen LogP) is 1.73. The van der Waals surface area contributed by atoms with Crippen LogP contribution in [0.4, 0.5) is 0 Å². The van der Waals surface area contributed by atoms with Crippen molar-refractivity contribution in [2.24, 2.45) is 5.41 Å². The van der Waals surface area contributed by atoms with Crippen molar-refractivity contribution >= 4 is 11.8 Å². The summed E-state index contributed by atoms with van der Waals surface area (Å²) in [5.74, 6) is 0.780. The van der Waals surface area contributed by atoms with Crippen LogP contribution in [0.1, 0.15) is 31.2 Å². The van der Waals surface area contributed by atoms with Crippen molar-refractivity contribution < 1.29 is 19.1 Å². The molecule has 1 atom stereocenters. The molecular formula is C19H26N2O4. The van der Waals surface area contributed by atoms with Gasteiger partial charge in [-0.15, -0.1) is 0 Å². The highest BCUT2D eigenvalue weighted by Crippen LogP contribution is 2.51. The van der Waals surface area contributed by atoms with E-state index in [1.807, 2.05) is 24.3 Å². The van der Waals surface area contributed by atoms with Crippen molar-refractivity contribution in [2.45, 2.75) is 38.3 Å². The Morgan fingerprint density at radius 2 is 2.00 bits per heavy atom. The molecule has 1 heterocycles. The number of para-hydroxylation sites is 1. The summed E-state index contributed by atoms with van der Waals surface area (Å²) in [6.07, 6.45) is 3.64. The van der Waals surface area contributed by atoms with Crippen LogP contribution in [0.2, 0.25) is 0 Å². The zero-order valence-electron chi connectivity index (χ0n) is 14.9. The number of β-lactam (4-membered cyclic amide) rings is 1. The van der Waals surface area contributed by atoms with Crippen LogP contribution in [0, 0.1) is 5.41 Å². The number of methoxy groups -OCH3 is 2. The van der Waals surface area contributed by atoms with Crippen molar-refractivity contribution in [3.8, 4) is 5.75 Å². The van der Waals surface area contributed by atoms with Crippen molar-refractivity contribution in [3.05, 3.63) is 29.8 Å². The van der Waals surface area contributed by atoms with Crippen LogP contribution in [-0.2, 0) is 20.9 Å². The maximum atomic E-state index is 12.9. The Morgan fingerprint density at radius 1 is 1.28 bits per heavy atom. The number of nitrogens with zero attached hydrogens (tertiary/aromatic N) is 1. The van der Waals surface area contributed by atoms with E-state index in [1.165, 1.54) is 0 Å². The van der Waals surface area contributed by atoms with Gasteiger partial charge >= 0.3 is 0 Å². The first-order chi connectivity index (χ1) is 12.1. The standard InChI is InChI=1S/C19H26N2O4/c1-24-12-11-21-16(19(18(21)23)9-5-6-10-19)17(22)20-13-14-7-3-4-8-15(14)25-2/h3-4,7-8,16H,5-6,9-13H2,1-2H3,(H,20,22). The van der Waals surface area contributed by atoms with E-state index in [1.54, 1.807) is 19.1 Å². The number of amides is 2. The van der Waals surface area contributed by atoms with Crippen LogP contribution in [0.5, 0.6) is 5.75 Å². The Balaban J connectivity index is 1.70. The smallest absolute Gasteiger partial charge is 0.244 e. The fourth-order valence-electron chi connectivity index (χ4n) is 4.19. The molecule has 136 valence electrons. The molecule has 3 rings (SSSR count). The lowest BCUT2D eigenvalue weighted by molar-refractivity contribution is -0.178. The molecule has 6 heteroatoms. The van der Waals surface area contributed by atoms with E-state index in [4.69, 9.17) is 9.47 Å². The summed E-state index contributed by atoms with van der Waals surface area (Å²) < 4.78 is 10.4. The van der Waals surface area contributed by atoms with E-state index >= 15 is 0 Å². The highest BCUT2D eigenvalue weighted by atomic mass is 16.5. The summed E-state index contributed by atoms with van der Waals surface area (Å²) in [5, 5.41) is 3.00. The number of hydrogen-bond acceptors (Lipinski definition) is 4. The summed E-state index contributed by atoms with van der Waals surface area (Å²) in [7, 11) is 3.22. The monoisotopic (exact) mass is 346 g/mol. The number of nitrogens with one attached hydrogen (secondary N) is 1. The summed E-state index contributed by atoms with van der Waals surface area (Å²) >= 11 is 0. The lowest BCUT2D eigenvalue weighted by atomic mass is 9.68. The average molecular weight is 346 g/mol. The maximum absolute atomic E-state index is 12.9. The van der Waals surface area contributed by atoms with Crippen LogP contribution in [-0.4, -0.2) is 50.1 Å². The second kappa shape index (κ2) is 7.44. The van der Waals surface area contributed by atoms with Gasteiger partial charge in [-0.05, 0) is 18.9 Å². The van der Waals surface area contributed by atoms with Gasteiger partial charge in [0, 0.05) is 25.8 Å². The fraction of sp³-hybridized carbons (Fsp3) is 0.579. The molecule has 1 N–H and O–H groups in total. The second-order valence-corrected chi connectivity index (χ2v) is 6.79. The molecule has 0 radical (unpaired) electrons. The Bertz CT molecular complexity index is 640. The van der Waals surface area contributed by atoms with Gasteiger partial charge in [-0.25, -0.2) is 0 Å². The largest absolute Gasteiger partial charge is 0.496 e. The number of rotatable bonds is 7. The molecule has 1 aromatic carbocycles. The molecule has 2 fully saturated rings. The minimum absolute atomic E-state index is 0.0801. The molecule has 0 aromatic heterocycles. The number of ether oxygens (including phenoxy) is 2. The van der Waals surface area contributed by atoms with Crippen LogP contribution in [0.3, 0.4) is 0 Å². The molecular weight excluding hydrogens is 320 g/mol. The Kier molecular flexibility index (Phi) is 5.27. The van der Waals surface area contributed by atoms with Gasteiger partial charge in [0.05, 0.1) is 19.1 Å². The van der Waals surface area contributed by atoms with Crippen molar-refractivity contribution in [1.82, 2.24) is 10.2 Å². The minimum Gasteiger partial charge on any atom is -0.496 e. The first-order valence-electron chi connectivity index (χ1n) is 8.83. The van der Waals surface area contributed by atoms with E-state index < -0.39 is 5.41 Å². The maximum Gasteiger partial charge on any atom is 0.244 e. The second-order valence-electron chi connectivity index (χ2n) is 6.79. The number of carbonyl (C=O) groups excluding carboxylic acids is 2. The predicted molar refractivity (Wildman–Crippen MR) is 93.1 cm³/mol. The minimum atomic E-state index is -0.488. The molecule has 1 saturated heterocycles. The van der Waals surface area contributed by atoms with Crippen LogP contribution in [0.25, 0.3) is 0 Å². The van der Waals surface area contributed by atoms with Crippen molar-refractivity contribution in [1.29, 1.82) is 0 Å². The van der Waals surface area contributed by atoms with Gasteiger partial charge < -0.3 is 19.7 Å². The van der Waals surface area contributed by atoms with E-state index in [0.29, 0.717) is 19.7 Å². The van der Waals surface area contributed by atoms with E-state index in [2.05, 4.69) is 5.32 Å². The Morgan fingerprint density at radius 3 is 2.68 bits per heavy atom. The number of benzene rings is 1. The fourth-order valence-corrected chi connectivity index (χ4v) is 4.19. The van der Waals surface area contributed by atoms with Gasteiger partial charge in [-0.3, -0.25) is 9.59 Å². The molecule has 1 aliphatic carbocycles. The number of likely N-dealkylation sites (tertiary alicyclic amines) is 1. The molecule has 1 saturated carbocycles. The van der Waals surface area contributed by atoms with Gasteiger partial charge in [0.1, 0.15) is 11.8 Å². The van der Waals surface area contributed by atoms with Crippen LogP contribution < -0.4 is 10.1 Å². The molecule has 1 aromatic rings. The summed E-state index contributed by atoms with van der Waals surface area (Å²) in [4.78, 5) is 27.2. The summed E-state index contributed by atoms with van der Waals surface area (Å²) in [6.45, 7) is 1.30. The molecule has 1 unspecified atom stereocenters. The third kappa shape index (κ3) is 3.11. The third-order valence-corrected chi connectivity index (χ3v) is 5.45. The van der Waals surface area contributed by atoms with Gasteiger partial charge in [0.15, 0.2) is 0 Å². The summed E-state index contributed by atoms with van der Waals surface area (Å²) in [6, 6.07) is 7.23. The van der Waals surface area contributed by atoms with Gasteiger partial charge in [-0.1, -0.05) is 31.0 Å². The lowest BCUT2D eigenvalue weighted by Gasteiger charge is -2.53. The van der Waals surface area contributed by atoms with Gasteiger partial charge in [0.2, 0.25) is 11.8 Å². The van der Waals surface area contributed by atoms with E-state index in [-0.39, 0.29) is 17.9 Å². The number of carbonyl (C=O) groups is 2. The Hall–Kier alpha value is -2.08. The topological polar surface area (TPSA) is 67.9 Å². The van der Waals surface area contributed by atoms with Crippen LogP contribution in [0.15, 0.2) is 24.3 Å². The molecule has 0 bridgehead atoms. The highest BCUT2D eigenvalue weighted by molar-refractivity contribution is 6.02. The molecule has 2 amide bonds. The molecule has 6 nitrogen and oxygen atoms in total. The summed E-state index contributed by atoms with van der Waals surface area (Å²) in [5.41, 5.74) is 0.436. The average Bonchev–Trinajstić information content (AvgIpc) is 3.15. The first kappa shape index (κ1) is 17.7. The highest BCUT2D eigenvalue weighted by Gasteiger charge is 2.63. The molecule has 1 spiro atoms.